The zero-order chi connectivity index (χ0) is 24.6. The number of nitro groups is 2. The Morgan fingerprint density at radius 1 is 1.00 bits per heavy atom. The van der Waals surface area contributed by atoms with Gasteiger partial charge in [0.2, 0.25) is 0 Å². The third kappa shape index (κ3) is 4.03. The quantitative estimate of drug-likeness (QED) is 0.276. The maximum Gasteiger partial charge on any atom is 0.282 e. The van der Waals surface area contributed by atoms with Crippen molar-refractivity contribution in [3.05, 3.63) is 91.5 Å². The molecule has 0 spiro atoms. The van der Waals surface area contributed by atoms with Gasteiger partial charge in [-0.05, 0) is 31.4 Å². The van der Waals surface area contributed by atoms with E-state index in [1.165, 1.54) is 42.5 Å². The Kier molecular flexibility index (Phi) is 5.93. The Balaban J connectivity index is 1.75. The van der Waals surface area contributed by atoms with Crippen LogP contribution in [0.1, 0.15) is 35.7 Å². The molecule has 174 valence electrons. The average Bonchev–Trinajstić information content (AvgIpc) is 3.06. The van der Waals surface area contributed by atoms with Crippen LogP contribution in [0, 0.1) is 32.1 Å². The molecule has 2 aromatic rings. The minimum atomic E-state index is -0.893. The second kappa shape index (κ2) is 8.85. The highest BCUT2D eigenvalue weighted by atomic mass is 16.6. The van der Waals surface area contributed by atoms with E-state index in [0.717, 1.165) is 21.7 Å². The lowest BCUT2D eigenvalue weighted by molar-refractivity contribution is -0.385. The highest BCUT2D eigenvalue weighted by molar-refractivity contribution is 6.08. The molecule has 0 radical (unpaired) electrons. The van der Waals surface area contributed by atoms with E-state index in [4.69, 9.17) is 0 Å². The number of fused-ring (bicyclic) bond motifs is 1. The molecule has 4 rings (SSSR count). The number of nitro benzene ring substituents is 2. The molecule has 0 bridgehead atoms. The third-order valence-electron chi connectivity index (χ3n) is 6.09. The predicted octanol–water partition coefficient (Wildman–Crippen LogP) is 3.40. The molecule has 1 aliphatic carbocycles. The number of imide groups is 1. The van der Waals surface area contributed by atoms with Crippen molar-refractivity contribution in [3.63, 3.8) is 0 Å². The van der Waals surface area contributed by atoms with E-state index in [1.807, 2.05) is 13.0 Å². The maximum absolute atomic E-state index is 13.6. The molecule has 0 aromatic heterocycles. The fraction of sp³-hybridized carbons (Fsp3) is 0.261. The number of carbonyl (C=O) groups excluding carboxylic acids is 3. The number of non-ortho nitro benzene ring substituents is 1. The van der Waals surface area contributed by atoms with Gasteiger partial charge in [0.1, 0.15) is 5.56 Å². The largest absolute Gasteiger partial charge is 0.282 e. The summed E-state index contributed by atoms with van der Waals surface area (Å²) in [5.74, 6) is -3.22. The molecule has 0 N–H and O–H groups in total. The van der Waals surface area contributed by atoms with Gasteiger partial charge >= 0.3 is 0 Å². The lowest BCUT2D eigenvalue weighted by Crippen LogP contribution is -2.50. The summed E-state index contributed by atoms with van der Waals surface area (Å²) in [5, 5.41) is 24.2. The lowest BCUT2D eigenvalue weighted by atomic mass is 9.82. The number of rotatable bonds is 6. The van der Waals surface area contributed by atoms with Gasteiger partial charge in [-0.15, -0.1) is 0 Å². The van der Waals surface area contributed by atoms with Gasteiger partial charge in [-0.1, -0.05) is 35.9 Å². The van der Waals surface area contributed by atoms with Crippen molar-refractivity contribution in [3.8, 4) is 0 Å². The molecule has 1 saturated heterocycles. The van der Waals surface area contributed by atoms with E-state index in [9.17, 15) is 34.6 Å². The topological polar surface area (TPSA) is 144 Å². The molecule has 2 aliphatic rings. The van der Waals surface area contributed by atoms with Crippen molar-refractivity contribution in [2.45, 2.75) is 26.3 Å². The predicted molar refractivity (Wildman–Crippen MR) is 118 cm³/mol. The summed E-state index contributed by atoms with van der Waals surface area (Å²) in [4.78, 5) is 61.3. The van der Waals surface area contributed by atoms with Crippen LogP contribution in [0.4, 0.5) is 11.4 Å². The summed E-state index contributed by atoms with van der Waals surface area (Å²) < 4.78 is 0. The molecule has 1 fully saturated rings. The standard InChI is InChI=1S/C23H20N4O7/c1-14-6-11-17-19(12-14)23(30)25(22(17)29)24(13-15-7-9-16(10-8-15)26(31)32)21(28)18-4-2-3-5-20(18)27(33)34/h2-10,17,19H,11-13H2,1H3/t17-,19-/m0/s1. The zero-order valence-corrected chi connectivity index (χ0v) is 18.1. The fourth-order valence-electron chi connectivity index (χ4n) is 4.34. The average molecular weight is 464 g/mol. The molecule has 1 heterocycles. The summed E-state index contributed by atoms with van der Waals surface area (Å²) in [6.07, 6.45) is 2.64. The Hall–Kier alpha value is -4.41. The maximum atomic E-state index is 13.6. The SMILES string of the molecule is CC1=CC[C@@H]2C(=O)N(N(Cc3ccc([N+](=O)[O-])cc3)C(=O)c3ccccc3[N+](=O)[O-])C(=O)[C@H]2C1. The third-order valence-corrected chi connectivity index (χ3v) is 6.09. The van der Waals surface area contributed by atoms with Gasteiger partial charge in [0.05, 0.1) is 28.2 Å². The van der Waals surface area contributed by atoms with Crippen LogP contribution in [0.2, 0.25) is 0 Å². The molecule has 3 amide bonds. The smallest absolute Gasteiger partial charge is 0.272 e. The highest BCUT2D eigenvalue weighted by Crippen LogP contribution is 2.39. The number of hydrogen-bond donors (Lipinski definition) is 0. The Morgan fingerprint density at radius 2 is 1.65 bits per heavy atom. The van der Waals surface area contributed by atoms with Crippen molar-refractivity contribution in [2.75, 3.05) is 0 Å². The first-order valence-corrected chi connectivity index (χ1v) is 10.5. The normalized spacial score (nSPS) is 19.4. The van der Waals surface area contributed by atoms with Crippen molar-refractivity contribution < 1.29 is 24.2 Å². The van der Waals surface area contributed by atoms with Crippen molar-refractivity contribution >= 4 is 29.1 Å². The summed E-state index contributed by atoms with van der Waals surface area (Å²) in [6.45, 7) is 1.58. The summed E-state index contributed by atoms with van der Waals surface area (Å²) in [7, 11) is 0. The second-order valence-electron chi connectivity index (χ2n) is 8.25. The van der Waals surface area contributed by atoms with E-state index in [0.29, 0.717) is 18.4 Å². The van der Waals surface area contributed by atoms with Crippen LogP contribution in [0.25, 0.3) is 0 Å². The molecular weight excluding hydrogens is 444 g/mol. The minimum Gasteiger partial charge on any atom is -0.272 e. The number of para-hydroxylation sites is 1. The number of hydrazine groups is 1. The number of benzene rings is 2. The number of nitrogens with zero attached hydrogens (tertiary/aromatic N) is 4. The molecule has 2 aromatic carbocycles. The molecule has 11 nitrogen and oxygen atoms in total. The second-order valence-corrected chi connectivity index (χ2v) is 8.25. The minimum absolute atomic E-state index is 0.166. The van der Waals surface area contributed by atoms with Gasteiger partial charge in [0, 0.05) is 18.2 Å². The Bertz CT molecular complexity index is 1240. The van der Waals surface area contributed by atoms with E-state index >= 15 is 0 Å². The van der Waals surface area contributed by atoms with Crippen LogP contribution in [-0.2, 0) is 16.1 Å². The van der Waals surface area contributed by atoms with E-state index in [2.05, 4.69) is 0 Å². The summed E-state index contributed by atoms with van der Waals surface area (Å²) >= 11 is 0. The number of allylic oxidation sites excluding steroid dienone is 2. The first-order valence-electron chi connectivity index (χ1n) is 10.5. The van der Waals surface area contributed by atoms with Crippen molar-refractivity contribution in [1.82, 2.24) is 10.0 Å². The molecule has 0 saturated carbocycles. The van der Waals surface area contributed by atoms with Crippen molar-refractivity contribution in [1.29, 1.82) is 0 Å². The van der Waals surface area contributed by atoms with Crippen LogP contribution in [0.3, 0.4) is 0 Å². The molecular formula is C23H20N4O7. The van der Waals surface area contributed by atoms with Crippen molar-refractivity contribution in [2.24, 2.45) is 11.8 Å². The van der Waals surface area contributed by atoms with Crippen LogP contribution < -0.4 is 0 Å². The van der Waals surface area contributed by atoms with Crippen LogP contribution >= 0.6 is 0 Å². The van der Waals surface area contributed by atoms with Crippen LogP contribution in [0.15, 0.2) is 60.2 Å². The van der Waals surface area contributed by atoms with Gasteiger partial charge in [-0.3, -0.25) is 34.6 Å². The molecule has 1 aliphatic heterocycles. The monoisotopic (exact) mass is 464 g/mol. The van der Waals surface area contributed by atoms with Gasteiger partial charge < -0.3 is 0 Å². The van der Waals surface area contributed by atoms with E-state index < -0.39 is 45.1 Å². The van der Waals surface area contributed by atoms with Crippen LogP contribution in [0.5, 0.6) is 0 Å². The van der Waals surface area contributed by atoms with Gasteiger partial charge in [0.25, 0.3) is 29.1 Å². The van der Waals surface area contributed by atoms with E-state index in [1.54, 1.807) is 0 Å². The fourth-order valence-corrected chi connectivity index (χ4v) is 4.34. The summed E-state index contributed by atoms with van der Waals surface area (Å²) in [6, 6.07) is 10.6. The number of amides is 3. The Morgan fingerprint density at radius 3 is 2.29 bits per heavy atom. The number of carbonyl (C=O) groups is 3. The molecule has 11 heteroatoms. The summed E-state index contributed by atoms with van der Waals surface area (Å²) in [5.41, 5.74) is 0.467. The molecule has 0 unspecified atom stereocenters. The number of hydrogen-bond acceptors (Lipinski definition) is 7. The van der Waals surface area contributed by atoms with E-state index in [-0.39, 0.29) is 17.8 Å². The first-order chi connectivity index (χ1) is 16.2. The van der Waals surface area contributed by atoms with Gasteiger partial charge in [0.15, 0.2) is 0 Å². The zero-order valence-electron chi connectivity index (χ0n) is 18.1. The first kappa shape index (κ1) is 22.8. The van der Waals surface area contributed by atoms with Gasteiger partial charge in [-0.25, -0.2) is 5.01 Å². The lowest BCUT2D eigenvalue weighted by Gasteiger charge is -2.30. The molecule has 2 atom stereocenters. The highest BCUT2D eigenvalue weighted by Gasteiger charge is 2.51. The Labute approximate surface area is 193 Å². The molecule has 34 heavy (non-hydrogen) atoms. The van der Waals surface area contributed by atoms with Gasteiger partial charge in [-0.2, -0.15) is 5.01 Å². The van der Waals surface area contributed by atoms with Crippen LogP contribution in [-0.4, -0.2) is 37.6 Å².